The normalized spacial score (nSPS) is 10.6. The zero-order valence-corrected chi connectivity index (χ0v) is 24.6. The third kappa shape index (κ3) is 5.65. The van der Waals surface area contributed by atoms with Crippen LogP contribution in [0.25, 0.3) is 55.6 Å². The van der Waals surface area contributed by atoms with E-state index < -0.39 is 0 Å². The van der Waals surface area contributed by atoms with Gasteiger partial charge in [-0.3, -0.25) is 0 Å². The van der Waals surface area contributed by atoms with E-state index in [1.165, 1.54) is 0 Å². The average molecular weight is 695 g/mol. The number of aryl methyl sites for hydroxylation is 2. The maximum absolute atomic E-state index is 6.21. The molecule has 0 amide bonds. The van der Waals surface area contributed by atoms with Crippen LogP contribution in [0.5, 0.6) is 0 Å². The van der Waals surface area contributed by atoms with E-state index in [4.69, 9.17) is 4.42 Å². The van der Waals surface area contributed by atoms with E-state index >= 15 is 0 Å². The van der Waals surface area contributed by atoms with Crippen molar-refractivity contribution in [2.45, 2.75) is 13.8 Å². The van der Waals surface area contributed by atoms with E-state index in [-0.39, 0.29) is 20.1 Å². The van der Waals surface area contributed by atoms with Crippen molar-refractivity contribution in [1.29, 1.82) is 0 Å². The van der Waals surface area contributed by atoms with Crippen LogP contribution in [-0.4, -0.2) is 9.97 Å². The van der Waals surface area contributed by atoms with Crippen LogP contribution < -0.4 is 0 Å². The molecule has 3 aromatic heterocycles. The van der Waals surface area contributed by atoms with Gasteiger partial charge in [0.05, 0.1) is 0 Å². The van der Waals surface area contributed by atoms with Crippen LogP contribution in [0.3, 0.4) is 0 Å². The number of rotatable bonds is 3. The molecule has 40 heavy (non-hydrogen) atoms. The molecule has 1 radical (unpaired) electrons. The molecule has 0 spiro atoms. The third-order valence-electron chi connectivity index (χ3n) is 6.67. The van der Waals surface area contributed by atoms with Gasteiger partial charge in [0.15, 0.2) is 0 Å². The first kappa shape index (κ1) is 27.2. The first-order chi connectivity index (χ1) is 19.2. The van der Waals surface area contributed by atoms with Crippen molar-refractivity contribution in [3.8, 4) is 33.6 Å². The van der Waals surface area contributed by atoms with E-state index in [0.717, 1.165) is 66.8 Å². The summed E-state index contributed by atoms with van der Waals surface area (Å²) in [5.41, 5.74) is 10.2. The van der Waals surface area contributed by atoms with Crippen LogP contribution >= 0.6 is 0 Å². The Kier molecular flexibility index (Phi) is 8.31. The van der Waals surface area contributed by atoms with E-state index in [9.17, 15) is 0 Å². The van der Waals surface area contributed by atoms with Crippen molar-refractivity contribution < 1.29 is 24.5 Å². The topological polar surface area (TPSA) is 38.9 Å². The Balaban J connectivity index is 0.000000195. The summed E-state index contributed by atoms with van der Waals surface area (Å²) in [6, 6.07) is 45.0. The largest absolute Gasteiger partial charge is 0.455 e. The molecule has 4 heteroatoms. The Morgan fingerprint density at radius 3 is 2.23 bits per heavy atom. The molecule has 0 saturated carbocycles. The Hall–Kier alpha value is -4.37. The summed E-state index contributed by atoms with van der Waals surface area (Å²) in [6.45, 7) is 4.10. The molecule has 7 aromatic rings. The summed E-state index contributed by atoms with van der Waals surface area (Å²) in [7, 11) is 0. The average Bonchev–Trinajstić information content (AvgIpc) is 3.38. The van der Waals surface area contributed by atoms with Gasteiger partial charge < -0.3 is 14.4 Å². The molecule has 0 N–H and O–H groups in total. The molecular weight excluding hydrogens is 669 g/mol. The number of aromatic nitrogens is 2. The molecule has 4 aromatic carbocycles. The molecule has 3 nitrogen and oxygen atoms in total. The fourth-order valence-corrected chi connectivity index (χ4v) is 4.73. The van der Waals surface area contributed by atoms with Crippen molar-refractivity contribution in [2.24, 2.45) is 0 Å². The molecule has 0 fully saturated rings. The minimum Gasteiger partial charge on any atom is -0.455 e. The number of benzene rings is 4. The number of nitrogens with zero attached hydrogens (tertiary/aromatic N) is 2. The van der Waals surface area contributed by atoms with Gasteiger partial charge in [0.1, 0.15) is 11.2 Å². The monoisotopic (exact) mass is 695 g/mol. The predicted molar refractivity (Wildman–Crippen MR) is 159 cm³/mol. The van der Waals surface area contributed by atoms with Gasteiger partial charge in [0.25, 0.3) is 0 Å². The summed E-state index contributed by atoms with van der Waals surface area (Å²) in [6.07, 6.45) is 1.81. The smallest absolute Gasteiger partial charge is 0.141 e. The minimum absolute atomic E-state index is 0. The molecule has 0 bridgehead atoms. The first-order valence-corrected chi connectivity index (χ1v) is 12.9. The van der Waals surface area contributed by atoms with Gasteiger partial charge in [-0.15, -0.1) is 65.2 Å². The second-order valence-electron chi connectivity index (χ2n) is 9.38. The number of para-hydroxylation sites is 2. The summed E-state index contributed by atoms with van der Waals surface area (Å²) < 4.78 is 6.21. The predicted octanol–water partition coefficient (Wildman–Crippen LogP) is 9.28. The van der Waals surface area contributed by atoms with Gasteiger partial charge in [-0.1, -0.05) is 73.2 Å². The van der Waals surface area contributed by atoms with Gasteiger partial charge in [-0.2, -0.15) is 0 Å². The molecule has 7 rings (SSSR count). The van der Waals surface area contributed by atoms with Crippen LogP contribution in [0.2, 0.25) is 0 Å². The Morgan fingerprint density at radius 1 is 0.650 bits per heavy atom. The molecule has 0 saturated heterocycles. The van der Waals surface area contributed by atoms with Gasteiger partial charge in [0, 0.05) is 48.3 Å². The number of hydrogen-bond donors (Lipinski definition) is 0. The van der Waals surface area contributed by atoms with Crippen molar-refractivity contribution in [2.75, 3.05) is 0 Å². The molecule has 197 valence electrons. The number of hydrogen-bond acceptors (Lipinski definition) is 3. The minimum atomic E-state index is 0. The quantitative estimate of drug-likeness (QED) is 0.173. The maximum atomic E-state index is 6.21. The number of furan rings is 1. The summed E-state index contributed by atoms with van der Waals surface area (Å²) >= 11 is 0. The van der Waals surface area contributed by atoms with E-state index in [0.29, 0.717) is 0 Å². The molecule has 0 aliphatic carbocycles. The molecule has 0 atom stereocenters. The van der Waals surface area contributed by atoms with E-state index in [1.807, 2.05) is 98.0 Å². The number of fused-ring (bicyclic) bond motifs is 3. The number of pyridine rings is 2. The second kappa shape index (κ2) is 12.2. The molecule has 0 aliphatic rings. The van der Waals surface area contributed by atoms with Gasteiger partial charge in [0.2, 0.25) is 0 Å². The van der Waals surface area contributed by atoms with Crippen LogP contribution in [0.4, 0.5) is 0 Å². The van der Waals surface area contributed by atoms with Gasteiger partial charge in [-0.05, 0) is 36.5 Å². The van der Waals surface area contributed by atoms with Crippen molar-refractivity contribution in [3.63, 3.8) is 0 Å². The van der Waals surface area contributed by atoms with E-state index in [1.54, 1.807) is 0 Å². The fourth-order valence-electron chi connectivity index (χ4n) is 4.73. The van der Waals surface area contributed by atoms with Crippen molar-refractivity contribution in [3.05, 3.63) is 145 Å². The zero-order chi connectivity index (χ0) is 26.6. The molecular formula is C36H26IrN2O-2. The van der Waals surface area contributed by atoms with Crippen LogP contribution in [0.1, 0.15) is 11.3 Å². The zero-order valence-electron chi connectivity index (χ0n) is 22.2. The third-order valence-corrected chi connectivity index (χ3v) is 6.67. The van der Waals surface area contributed by atoms with E-state index in [2.05, 4.69) is 59.4 Å². The summed E-state index contributed by atoms with van der Waals surface area (Å²) in [5, 5.41) is 2.29. The van der Waals surface area contributed by atoms with Crippen molar-refractivity contribution in [1.82, 2.24) is 9.97 Å². The first-order valence-electron chi connectivity index (χ1n) is 12.9. The standard InChI is InChI=1S/C24H16NO.C12H10N.Ir/c1-16-12-13-17(22-10-4-5-14-25-22)15-21(16)20-9-6-8-19-18-7-2-3-11-23(18)26-24(19)20;1-10-6-5-9-12(13-10)11-7-3-2-4-8-11;/h2-12,14-15H,1H3;2-7,9H,1H3;/q2*-1;. The maximum Gasteiger partial charge on any atom is 0.141 e. The Labute approximate surface area is 247 Å². The second-order valence-corrected chi connectivity index (χ2v) is 9.38. The van der Waals surface area contributed by atoms with Crippen LogP contribution in [0.15, 0.2) is 126 Å². The fraction of sp³-hybridized carbons (Fsp3) is 0.0556. The van der Waals surface area contributed by atoms with Crippen molar-refractivity contribution >= 4 is 21.9 Å². The SMILES string of the molecule is Cc1c[c-]c(-c2ccccn2)cc1-c1cccc2c1oc1ccccc12.Cc1cccc(-c2[c-]cccc2)n1.[Ir]. The summed E-state index contributed by atoms with van der Waals surface area (Å²) in [4.78, 5) is 8.87. The van der Waals surface area contributed by atoms with Gasteiger partial charge >= 0.3 is 0 Å². The Morgan fingerprint density at radius 2 is 1.43 bits per heavy atom. The molecule has 0 aliphatic heterocycles. The summed E-state index contributed by atoms with van der Waals surface area (Å²) in [5.74, 6) is 0. The van der Waals surface area contributed by atoms with Crippen LogP contribution in [-0.2, 0) is 20.1 Å². The van der Waals surface area contributed by atoms with Crippen LogP contribution in [0, 0.1) is 26.0 Å². The molecule has 0 unspecified atom stereocenters. The van der Waals surface area contributed by atoms with Gasteiger partial charge in [-0.25, -0.2) is 0 Å². The molecule has 3 heterocycles. The Bertz CT molecular complexity index is 1880.